The smallest absolute Gasteiger partial charge is 0.387 e. The first kappa shape index (κ1) is 20.7. The van der Waals surface area contributed by atoms with Gasteiger partial charge >= 0.3 is 6.61 Å². The van der Waals surface area contributed by atoms with E-state index in [1.54, 1.807) is 24.0 Å². The molecule has 1 aromatic rings. The van der Waals surface area contributed by atoms with Gasteiger partial charge in [-0.3, -0.25) is 9.59 Å². The third-order valence-corrected chi connectivity index (χ3v) is 3.99. The van der Waals surface area contributed by atoms with Crippen LogP contribution in [0, 0.1) is 0 Å². The molecule has 1 saturated heterocycles. The van der Waals surface area contributed by atoms with Crippen molar-refractivity contribution in [2.24, 2.45) is 0 Å². The first-order valence-corrected chi connectivity index (χ1v) is 8.95. The van der Waals surface area contributed by atoms with Gasteiger partial charge in [0.2, 0.25) is 11.8 Å². The number of alkyl halides is 2. The number of hydrogen-bond donors (Lipinski definition) is 1. The van der Waals surface area contributed by atoms with Crippen molar-refractivity contribution in [2.45, 2.75) is 32.8 Å². The van der Waals surface area contributed by atoms with Crippen molar-refractivity contribution in [3.05, 3.63) is 29.8 Å². The molecule has 0 atom stereocenters. The lowest BCUT2D eigenvalue weighted by atomic mass is 10.2. The molecule has 1 aliphatic rings. The number of ether oxygens (including phenoxy) is 2. The van der Waals surface area contributed by atoms with Crippen molar-refractivity contribution in [2.75, 3.05) is 26.2 Å². The highest BCUT2D eigenvalue weighted by atomic mass is 19.3. The minimum atomic E-state index is -2.94. The molecule has 0 bridgehead atoms. The molecule has 0 unspecified atom stereocenters. The number of nitrogens with zero attached hydrogens (tertiary/aromatic N) is 1. The molecule has 1 aliphatic heterocycles. The van der Waals surface area contributed by atoms with Gasteiger partial charge in [-0.05, 0) is 43.5 Å². The van der Waals surface area contributed by atoms with Crippen LogP contribution in [0.25, 0.3) is 6.08 Å². The van der Waals surface area contributed by atoms with Gasteiger partial charge < -0.3 is 19.7 Å². The summed E-state index contributed by atoms with van der Waals surface area (Å²) in [5.74, 6) is 0.0414. The normalized spacial score (nSPS) is 14.2. The first-order chi connectivity index (χ1) is 13.0. The molecule has 8 heteroatoms. The molecule has 1 heterocycles. The summed E-state index contributed by atoms with van der Waals surface area (Å²) in [6, 6.07) is 4.47. The third-order valence-electron chi connectivity index (χ3n) is 3.99. The standard InChI is InChI=1S/C19H24F2N2O4/c1-2-26-16-13-14(6-8-15(16)27-19(20)21)7-9-17(24)22-10-4-12-23-11-3-5-18(23)25/h6-9,13,19H,2-5,10-12H2,1H3,(H,22,24)/b9-7+. The van der Waals surface area contributed by atoms with Crippen molar-refractivity contribution in [1.82, 2.24) is 10.2 Å². The van der Waals surface area contributed by atoms with Crippen LogP contribution in [-0.4, -0.2) is 49.6 Å². The number of amides is 2. The maximum atomic E-state index is 12.4. The molecule has 0 aromatic heterocycles. The van der Waals surface area contributed by atoms with Crippen LogP contribution in [0.2, 0.25) is 0 Å². The molecule has 1 N–H and O–H groups in total. The van der Waals surface area contributed by atoms with E-state index in [-0.39, 0.29) is 23.3 Å². The number of hydrogen-bond acceptors (Lipinski definition) is 4. The molecule has 6 nitrogen and oxygen atoms in total. The van der Waals surface area contributed by atoms with Gasteiger partial charge in [-0.25, -0.2) is 0 Å². The molecule has 0 saturated carbocycles. The highest BCUT2D eigenvalue weighted by molar-refractivity contribution is 5.91. The van der Waals surface area contributed by atoms with Gasteiger partial charge in [0.1, 0.15) is 0 Å². The predicted molar refractivity (Wildman–Crippen MR) is 96.7 cm³/mol. The summed E-state index contributed by atoms with van der Waals surface area (Å²) in [5, 5.41) is 2.75. The third kappa shape index (κ3) is 6.88. The summed E-state index contributed by atoms with van der Waals surface area (Å²) in [7, 11) is 0. The molecular formula is C19H24F2N2O4. The van der Waals surface area contributed by atoms with Crippen LogP contribution in [0.5, 0.6) is 11.5 Å². The molecule has 0 radical (unpaired) electrons. The average Bonchev–Trinajstić information content (AvgIpc) is 3.03. The summed E-state index contributed by atoms with van der Waals surface area (Å²) in [4.78, 5) is 25.2. The molecule has 27 heavy (non-hydrogen) atoms. The Morgan fingerprint density at radius 2 is 2.19 bits per heavy atom. The van der Waals surface area contributed by atoms with E-state index in [0.29, 0.717) is 38.1 Å². The van der Waals surface area contributed by atoms with Crippen LogP contribution in [0.4, 0.5) is 8.78 Å². The van der Waals surface area contributed by atoms with Gasteiger partial charge in [-0.2, -0.15) is 8.78 Å². The second kappa shape index (κ2) is 10.5. The Kier molecular flexibility index (Phi) is 8.03. The van der Waals surface area contributed by atoms with E-state index in [4.69, 9.17) is 4.74 Å². The molecule has 1 fully saturated rings. The molecule has 148 valence electrons. The van der Waals surface area contributed by atoms with Crippen LogP contribution < -0.4 is 14.8 Å². The van der Waals surface area contributed by atoms with E-state index in [0.717, 1.165) is 13.0 Å². The molecular weight excluding hydrogens is 358 g/mol. The van der Waals surface area contributed by atoms with E-state index >= 15 is 0 Å². The Hall–Kier alpha value is -2.64. The molecule has 1 aromatic carbocycles. The van der Waals surface area contributed by atoms with Gasteiger partial charge in [0, 0.05) is 32.1 Å². The van der Waals surface area contributed by atoms with Gasteiger partial charge in [0.25, 0.3) is 0 Å². The number of carbonyl (C=O) groups excluding carboxylic acids is 2. The van der Waals surface area contributed by atoms with E-state index in [1.165, 1.54) is 18.2 Å². The number of carbonyl (C=O) groups is 2. The number of likely N-dealkylation sites (tertiary alicyclic amines) is 1. The van der Waals surface area contributed by atoms with E-state index in [1.807, 2.05) is 0 Å². The lowest BCUT2D eigenvalue weighted by Gasteiger charge is -2.14. The fourth-order valence-electron chi connectivity index (χ4n) is 2.74. The summed E-state index contributed by atoms with van der Waals surface area (Å²) >= 11 is 0. The fraction of sp³-hybridized carbons (Fsp3) is 0.474. The van der Waals surface area contributed by atoms with E-state index < -0.39 is 6.61 Å². The minimum absolute atomic E-state index is 0.0510. The zero-order valence-corrected chi connectivity index (χ0v) is 15.2. The Labute approximate surface area is 157 Å². The zero-order valence-electron chi connectivity index (χ0n) is 15.2. The van der Waals surface area contributed by atoms with Crippen molar-refractivity contribution < 1.29 is 27.8 Å². The number of rotatable bonds is 10. The van der Waals surface area contributed by atoms with Crippen molar-refractivity contribution in [1.29, 1.82) is 0 Å². The molecule has 0 aliphatic carbocycles. The molecule has 2 rings (SSSR count). The fourth-order valence-corrected chi connectivity index (χ4v) is 2.74. The second-order valence-corrected chi connectivity index (χ2v) is 5.98. The van der Waals surface area contributed by atoms with Gasteiger partial charge in [0.15, 0.2) is 11.5 Å². The lowest BCUT2D eigenvalue weighted by molar-refractivity contribution is -0.127. The quantitative estimate of drug-likeness (QED) is 0.499. The highest BCUT2D eigenvalue weighted by Crippen LogP contribution is 2.30. The van der Waals surface area contributed by atoms with E-state index in [2.05, 4.69) is 10.1 Å². The first-order valence-electron chi connectivity index (χ1n) is 8.95. The van der Waals surface area contributed by atoms with Gasteiger partial charge in [-0.1, -0.05) is 6.07 Å². The number of benzene rings is 1. The molecule has 0 spiro atoms. The Morgan fingerprint density at radius 3 is 2.85 bits per heavy atom. The van der Waals surface area contributed by atoms with Crippen molar-refractivity contribution in [3.63, 3.8) is 0 Å². The van der Waals surface area contributed by atoms with Crippen molar-refractivity contribution in [3.8, 4) is 11.5 Å². The van der Waals surface area contributed by atoms with Crippen LogP contribution in [0.1, 0.15) is 31.7 Å². The summed E-state index contributed by atoms with van der Waals surface area (Å²) in [6.07, 6.45) is 5.13. The monoisotopic (exact) mass is 382 g/mol. The zero-order chi connectivity index (χ0) is 19.6. The highest BCUT2D eigenvalue weighted by Gasteiger charge is 2.18. The second-order valence-electron chi connectivity index (χ2n) is 5.98. The number of nitrogens with one attached hydrogen (secondary N) is 1. The van der Waals surface area contributed by atoms with Crippen LogP contribution in [0.15, 0.2) is 24.3 Å². The Morgan fingerprint density at radius 1 is 1.37 bits per heavy atom. The summed E-state index contributed by atoms with van der Waals surface area (Å²) < 4.78 is 34.5. The van der Waals surface area contributed by atoms with Crippen LogP contribution in [-0.2, 0) is 9.59 Å². The summed E-state index contributed by atoms with van der Waals surface area (Å²) in [5.41, 5.74) is 0.623. The average molecular weight is 382 g/mol. The van der Waals surface area contributed by atoms with E-state index in [9.17, 15) is 18.4 Å². The largest absolute Gasteiger partial charge is 0.490 e. The molecule has 2 amide bonds. The SMILES string of the molecule is CCOc1cc(/C=C/C(=O)NCCCN2CCCC2=O)ccc1OC(F)F. The lowest BCUT2D eigenvalue weighted by Crippen LogP contribution is -2.29. The number of halogens is 2. The Balaban J connectivity index is 1.82. The topological polar surface area (TPSA) is 67.9 Å². The Bertz CT molecular complexity index is 680. The maximum absolute atomic E-state index is 12.4. The van der Waals surface area contributed by atoms with Crippen LogP contribution >= 0.6 is 0 Å². The predicted octanol–water partition coefficient (Wildman–Crippen LogP) is 2.83. The maximum Gasteiger partial charge on any atom is 0.387 e. The summed E-state index contributed by atoms with van der Waals surface area (Å²) in [6.45, 7) is 1.00. The van der Waals surface area contributed by atoms with Gasteiger partial charge in [0.05, 0.1) is 6.61 Å². The minimum Gasteiger partial charge on any atom is -0.490 e. The van der Waals surface area contributed by atoms with Gasteiger partial charge in [-0.15, -0.1) is 0 Å². The van der Waals surface area contributed by atoms with Crippen LogP contribution in [0.3, 0.4) is 0 Å². The van der Waals surface area contributed by atoms with Crippen molar-refractivity contribution >= 4 is 17.9 Å².